The molecule has 1 heterocycles. The summed E-state index contributed by atoms with van der Waals surface area (Å²) < 4.78 is 13.5. The van der Waals surface area contributed by atoms with Crippen molar-refractivity contribution in [2.45, 2.75) is 30.6 Å². The molecule has 0 bridgehead atoms. The van der Waals surface area contributed by atoms with Crippen LogP contribution in [0.15, 0.2) is 24.3 Å². The van der Waals surface area contributed by atoms with E-state index >= 15 is 0 Å². The molecule has 1 aliphatic rings. The molecule has 1 fully saturated rings. The van der Waals surface area contributed by atoms with E-state index in [4.69, 9.17) is 0 Å². The zero-order valence-corrected chi connectivity index (χ0v) is 9.56. The van der Waals surface area contributed by atoms with Gasteiger partial charge < -0.3 is 5.11 Å². The highest BCUT2D eigenvalue weighted by Gasteiger charge is 2.35. The van der Waals surface area contributed by atoms with E-state index in [2.05, 4.69) is 6.92 Å². The van der Waals surface area contributed by atoms with E-state index in [9.17, 15) is 9.50 Å². The zero-order valence-electron chi connectivity index (χ0n) is 8.74. The molecular formula is C12H15FOS. The molecule has 0 amide bonds. The molecule has 1 N–H and O–H groups in total. The summed E-state index contributed by atoms with van der Waals surface area (Å²) in [7, 11) is 0. The third-order valence-electron chi connectivity index (χ3n) is 2.95. The Morgan fingerprint density at radius 1 is 1.47 bits per heavy atom. The molecule has 82 valence electrons. The predicted molar refractivity (Wildman–Crippen MR) is 61.5 cm³/mol. The van der Waals surface area contributed by atoms with Crippen molar-refractivity contribution < 1.29 is 9.50 Å². The van der Waals surface area contributed by atoms with Crippen molar-refractivity contribution >= 4 is 11.8 Å². The van der Waals surface area contributed by atoms with Gasteiger partial charge in [0.2, 0.25) is 0 Å². The van der Waals surface area contributed by atoms with E-state index in [0.29, 0.717) is 23.0 Å². The normalized spacial score (nSPS) is 31.5. The highest BCUT2D eigenvalue weighted by Crippen LogP contribution is 2.39. The van der Waals surface area contributed by atoms with Crippen LogP contribution >= 0.6 is 11.8 Å². The molecule has 3 heteroatoms. The summed E-state index contributed by atoms with van der Waals surface area (Å²) in [6, 6.07) is 6.53. The fourth-order valence-electron chi connectivity index (χ4n) is 1.93. The Balaban J connectivity index is 2.26. The first kappa shape index (κ1) is 11.0. The van der Waals surface area contributed by atoms with Crippen molar-refractivity contribution in [1.29, 1.82) is 0 Å². The molecule has 1 nitrogen and oxygen atoms in total. The molecule has 0 spiro atoms. The Morgan fingerprint density at radius 3 is 2.80 bits per heavy atom. The quantitative estimate of drug-likeness (QED) is 0.794. The predicted octanol–water partition coefficient (Wildman–Crippen LogP) is 2.93. The molecule has 1 aromatic rings. The van der Waals surface area contributed by atoms with Gasteiger partial charge in [0, 0.05) is 16.6 Å². The van der Waals surface area contributed by atoms with Crippen molar-refractivity contribution in [1.82, 2.24) is 0 Å². The minimum Gasteiger partial charge on any atom is -0.384 e. The van der Waals surface area contributed by atoms with Crippen LogP contribution in [-0.2, 0) is 5.60 Å². The molecule has 2 rings (SSSR count). The Hall–Kier alpha value is -0.540. The van der Waals surface area contributed by atoms with E-state index < -0.39 is 5.60 Å². The summed E-state index contributed by atoms with van der Waals surface area (Å²) in [6.07, 6.45) is 1.59. The van der Waals surface area contributed by atoms with Gasteiger partial charge in [-0.1, -0.05) is 25.1 Å². The van der Waals surface area contributed by atoms with Gasteiger partial charge in [0.05, 0.1) is 0 Å². The average molecular weight is 226 g/mol. The summed E-state index contributed by atoms with van der Waals surface area (Å²) in [5, 5.41) is 10.9. The molecule has 1 saturated heterocycles. The number of aliphatic hydroxyl groups is 1. The van der Waals surface area contributed by atoms with Crippen molar-refractivity contribution in [2.75, 3.05) is 5.75 Å². The minimum absolute atomic E-state index is 0.296. The Bertz CT molecular complexity index is 345. The molecule has 0 aromatic heterocycles. The van der Waals surface area contributed by atoms with Crippen molar-refractivity contribution in [2.24, 2.45) is 0 Å². The van der Waals surface area contributed by atoms with Crippen molar-refractivity contribution in [3.8, 4) is 0 Å². The van der Waals surface area contributed by atoms with Gasteiger partial charge in [-0.2, -0.15) is 11.8 Å². The maximum absolute atomic E-state index is 13.5. The first-order valence-electron chi connectivity index (χ1n) is 5.21. The molecule has 1 aliphatic heterocycles. The lowest BCUT2D eigenvalue weighted by Crippen LogP contribution is -2.34. The van der Waals surface area contributed by atoms with Gasteiger partial charge in [-0.15, -0.1) is 0 Å². The SMILES string of the molecule is C[C@@H]1CC[C@@](O)(c2ccccc2F)CS1. The maximum Gasteiger partial charge on any atom is 0.129 e. The van der Waals surface area contributed by atoms with E-state index in [-0.39, 0.29) is 5.82 Å². The third-order valence-corrected chi connectivity index (χ3v) is 4.40. The topological polar surface area (TPSA) is 20.2 Å². The fourth-order valence-corrected chi connectivity index (χ4v) is 3.07. The van der Waals surface area contributed by atoms with E-state index in [1.165, 1.54) is 6.07 Å². The standard InChI is InChI=1S/C12H15FOS/c1-9-6-7-12(14,8-15-9)10-4-2-3-5-11(10)13/h2-5,9,14H,6-8H2,1H3/t9-,12+/m1/s1. The van der Waals surface area contributed by atoms with Gasteiger partial charge in [0.15, 0.2) is 0 Å². The molecule has 1 aromatic carbocycles. The second kappa shape index (κ2) is 4.14. The number of thioether (sulfide) groups is 1. The highest BCUT2D eigenvalue weighted by molar-refractivity contribution is 7.99. The van der Waals surface area contributed by atoms with Crippen molar-refractivity contribution in [3.63, 3.8) is 0 Å². The van der Waals surface area contributed by atoms with Gasteiger partial charge in [-0.3, -0.25) is 0 Å². The highest BCUT2D eigenvalue weighted by atomic mass is 32.2. The molecular weight excluding hydrogens is 211 g/mol. The van der Waals surface area contributed by atoms with Gasteiger partial charge >= 0.3 is 0 Å². The van der Waals surface area contributed by atoms with Crippen molar-refractivity contribution in [3.05, 3.63) is 35.6 Å². The van der Waals surface area contributed by atoms with Crippen LogP contribution in [-0.4, -0.2) is 16.1 Å². The first-order chi connectivity index (χ1) is 7.12. The fraction of sp³-hybridized carbons (Fsp3) is 0.500. The van der Waals surface area contributed by atoms with E-state index in [1.54, 1.807) is 30.0 Å². The summed E-state index contributed by atoms with van der Waals surface area (Å²) >= 11 is 1.71. The second-order valence-corrected chi connectivity index (χ2v) is 5.60. The van der Waals surface area contributed by atoms with Crippen LogP contribution in [0.25, 0.3) is 0 Å². The molecule has 0 unspecified atom stereocenters. The molecule has 2 atom stereocenters. The Morgan fingerprint density at radius 2 is 2.20 bits per heavy atom. The van der Waals surface area contributed by atoms with Crippen LogP contribution < -0.4 is 0 Å². The number of hydrogen-bond donors (Lipinski definition) is 1. The smallest absolute Gasteiger partial charge is 0.129 e. The lowest BCUT2D eigenvalue weighted by atomic mass is 9.89. The first-order valence-corrected chi connectivity index (χ1v) is 6.26. The second-order valence-electron chi connectivity index (χ2n) is 4.17. The molecule has 0 radical (unpaired) electrons. The number of halogens is 1. The molecule has 0 saturated carbocycles. The Kier molecular flexibility index (Phi) is 3.03. The van der Waals surface area contributed by atoms with Gasteiger partial charge in [0.25, 0.3) is 0 Å². The largest absolute Gasteiger partial charge is 0.384 e. The van der Waals surface area contributed by atoms with Crippen LogP contribution in [0.5, 0.6) is 0 Å². The summed E-state index contributed by atoms with van der Waals surface area (Å²) in [4.78, 5) is 0. The zero-order chi connectivity index (χ0) is 10.9. The lowest BCUT2D eigenvalue weighted by molar-refractivity contribution is 0.0435. The third kappa shape index (κ3) is 2.18. The average Bonchev–Trinajstić information content (AvgIpc) is 2.23. The summed E-state index contributed by atoms with van der Waals surface area (Å²) in [5.41, 5.74) is -0.521. The number of rotatable bonds is 1. The summed E-state index contributed by atoms with van der Waals surface area (Å²) in [6.45, 7) is 2.14. The maximum atomic E-state index is 13.5. The lowest BCUT2D eigenvalue weighted by Gasteiger charge is -2.35. The van der Waals surface area contributed by atoms with Crippen LogP contribution in [0.4, 0.5) is 4.39 Å². The minimum atomic E-state index is -0.970. The van der Waals surface area contributed by atoms with Gasteiger partial charge in [0.1, 0.15) is 11.4 Å². The molecule has 15 heavy (non-hydrogen) atoms. The molecule has 0 aliphatic carbocycles. The summed E-state index contributed by atoms with van der Waals surface area (Å²) in [5.74, 6) is 0.296. The van der Waals surface area contributed by atoms with Gasteiger partial charge in [-0.25, -0.2) is 4.39 Å². The Labute approximate surface area is 93.7 Å². The number of hydrogen-bond acceptors (Lipinski definition) is 2. The van der Waals surface area contributed by atoms with E-state index in [1.807, 2.05) is 0 Å². The van der Waals surface area contributed by atoms with Crippen LogP contribution in [0.3, 0.4) is 0 Å². The monoisotopic (exact) mass is 226 g/mol. The van der Waals surface area contributed by atoms with Crippen LogP contribution in [0.1, 0.15) is 25.3 Å². The van der Waals surface area contributed by atoms with Crippen LogP contribution in [0, 0.1) is 5.82 Å². The van der Waals surface area contributed by atoms with E-state index in [0.717, 1.165) is 6.42 Å². The number of benzene rings is 1. The van der Waals surface area contributed by atoms with Crippen LogP contribution in [0.2, 0.25) is 0 Å². The van der Waals surface area contributed by atoms with Gasteiger partial charge in [-0.05, 0) is 18.9 Å².